The van der Waals surface area contributed by atoms with E-state index in [1.165, 1.54) is 11.1 Å². The molecule has 112 valence electrons. The smallest absolute Gasteiger partial charge is 0.133 e. The van der Waals surface area contributed by atoms with Gasteiger partial charge in [-0.1, -0.05) is 18.2 Å². The van der Waals surface area contributed by atoms with E-state index >= 15 is 0 Å². The normalized spacial score (nSPS) is 12.4. The molecule has 0 radical (unpaired) electrons. The van der Waals surface area contributed by atoms with Gasteiger partial charge in [0.15, 0.2) is 0 Å². The van der Waals surface area contributed by atoms with Crippen molar-refractivity contribution in [3.63, 3.8) is 0 Å². The molecular formula is C17H21BrN2O. The van der Waals surface area contributed by atoms with Crippen molar-refractivity contribution in [2.75, 3.05) is 19.9 Å². The van der Waals surface area contributed by atoms with Crippen LogP contribution in [0, 0.1) is 0 Å². The molecule has 0 amide bonds. The molecule has 0 aromatic heterocycles. The molecule has 0 aliphatic carbocycles. The zero-order chi connectivity index (χ0) is 15.4. The SMILES string of the molecule is COc1ccc(CN(C)C(C)c2cccc(N)c2)cc1Br. The Bertz CT molecular complexity index is 615. The van der Waals surface area contributed by atoms with Crippen LogP contribution in [-0.4, -0.2) is 19.1 Å². The van der Waals surface area contributed by atoms with Crippen LogP contribution < -0.4 is 10.5 Å². The summed E-state index contributed by atoms with van der Waals surface area (Å²) in [4.78, 5) is 2.29. The first-order valence-electron chi connectivity index (χ1n) is 6.89. The van der Waals surface area contributed by atoms with Gasteiger partial charge >= 0.3 is 0 Å². The van der Waals surface area contributed by atoms with Crippen molar-refractivity contribution in [3.05, 3.63) is 58.1 Å². The lowest BCUT2D eigenvalue weighted by atomic mass is 10.1. The van der Waals surface area contributed by atoms with Crippen molar-refractivity contribution < 1.29 is 4.74 Å². The second-order valence-corrected chi connectivity index (χ2v) is 6.08. The molecule has 0 saturated carbocycles. The van der Waals surface area contributed by atoms with Gasteiger partial charge in [0.05, 0.1) is 11.6 Å². The number of anilines is 1. The lowest BCUT2D eigenvalue weighted by Crippen LogP contribution is -2.22. The Morgan fingerprint density at radius 2 is 2.00 bits per heavy atom. The number of ether oxygens (including phenoxy) is 1. The van der Waals surface area contributed by atoms with Gasteiger partial charge in [0.2, 0.25) is 0 Å². The molecule has 0 fully saturated rings. The van der Waals surface area contributed by atoms with E-state index in [-0.39, 0.29) is 0 Å². The van der Waals surface area contributed by atoms with Gasteiger partial charge < -0.3 is 10.5 Å². The predicted molar refractivity (Wildman–Crippen MR) is 91.4 cm³/mol. The standard InChI is InChI=1S/C17H21BrN2O/c1-12(14-5-4-6-15(19)10-14)20(2)11-13-7-8-17(21-3)16(18)9-13/h4-10,12H,11,19H2,1-3H3. The molecule has 2 aromatic rings. The van der Waals surface area contributed by atoms with E-state index < -0.39 is 0 Å². The Kier molecular flexibility index (Phi) is 5.26. The molecule has 2 rings (SSSR count). The number of nitrogens with two attached hydrogens (primary N) is 1. The number of benzene rings is 2. The average Bonchev–Trinajstić information content (AvgIpc) is 2.46. The summed E-state index contributed by atoms with van der Waals surface area (Å²) in [6.45, 7) is 3.05. The van der Waals surface area contributed by atoms with Crippen molar-refractivity contribution in [1.29, 1.82) is 0 Å². The van der Waals surface area contributed by atoms with E-state index in [1.807, 2.05) is 24.3 Å². The summed E-state index contributed by atoms with van der Waals surface area (Å²) in [5.74, 6) is 0.852. The van der Waals surface area contributed by atoms with Gasteiger partial charge in [-0.05, 0) is 65.3 Å². The fraction of sp³-hybridized carbons (Fsp3) is 0.294. The molecular weight excluding hydrogens is 328 g/mol. The number of methoxy groups -OCH3 is 1. The zero-order valence-corrected chi connectivity index (χ0v) is 14.2. The number of hydrogen-bond acceptors (Lipinski definition) is 3. The Morgan fingerprint density at radius 3 is 2.62 bits per heavy atom. The minimum absolute atomic E-state index is 0.300. The molecule has 0 heterocycles. The monoisotopic (exact) mass is 348 g/mol. The third-order valence-corrected chi connectivity index (χ3v) is 4.32. The van der Waals surface area contributed by atoms with Crippen LogP contribution in [0.3, 0.4) is 0 Å². The van der Waals surface area contributed by atoms with Gasteiger partial charge in [0, 0.05) is 18.3 Å². The van der Waals surface area contributed by atoms with Crippen LogP contribution in [0.5, 0.6) is 5.75 Å². The van der Waals surface area contributed by atoms with Gasteiger partial charge in [-0.2, -0.15) is 0 Å². The van der Waals surface area contributed by atoms with E-state index in [0.29, 0.717) is 6.04 Å². The minimum Gasteiger partial charge on any atom is -0.496 e. The quantitative estimate of drug-likeness (QED) is 0.821. The summed E-state index contributed by atoms with van der Waals surface area (Å²) in [5, 5.41) is 0. The molecule has 21 heavy (non-hydrogen) atoms. The van der Waals surface area contributed by atoms with Gasteiger partial charge in [-0.25, -0.2) is 0 Å². The van der Waals surface area contributed by atoms with Crippen LogP contribution in [0.1, 0.15) is 24.1 Å². The average molecular weight is 349 g/mol. The first-order valence-corrected chi connectivity index (χ1v) is 7.68. The molecule has 2 aromatic carbocycles. The summed E-state index contributed by atoms with van der Waals surface area (Å²) in [5.41, 5.74) is 9.13. The van der Waals surface area contributed by atoms with Crippen LogP contribution in [-0.2, 0) is 6.54 Å². The van der Waals surface area contributed by atoms with Crippen molar-refractivity contribution >= 4 is 21.6 Å². The van der Waals surface area contributed by atoms with Crippen molar-refractivity contribution in [1.82, 2.24) is 4.90 Å². The summed E-state index contributed by atoms with van der Waals surface area (Å²) in [6.07, 6.45) is 0. The lowest BCUT2D eigenvalue weighted by molar-refractivity contribution is 0.253. The van der Waals surface area contributed by atoms with Gasteiger partial charge in [-0.3, -0.25) is 4.90 Å². The van der Waals surface area contributed by atoms with E-state index in [2.05, 4.69) is 53.0 Å². The first-order chi connectivity index (χ1) is 10.0. The Morgan fingerprint density at radius 1 is 1.24 bits per heavy atom. The maximum atomic E-state index is 5.86. The lowest BCUT2D eigenvalue weighted by Gasteiger charge is -2.25. The number of nitrogen functional groups attached to an aromatic ring is 1. The third-order valence-electron chi connectivity index (χ3n) is 3.70. The zero-order valence-electron chi connectivity index (χ0n) is 12.6. The van der Waals surface area contributed by atoms with Crippen molar-refractivity contribution in [3.8, 4) is 5.75 Å². The minimum atomic E-state index is 0.300. The van der Waals surface area contributed by atoms with Crippen LogP contribution in [0.15, 0.2) is 46.9 Å². The molecule has 0 aliphatic heterocycles. The Labute approximate surface area is 134 Å². The fourth-order valence-corrected chi connectivity index (χ4v) is 2.89. The highest BCUT2D eigenvalue weighted by Crippen LogP contribution is 2.27. The molecule has 0 aliphatic rings. The van der Waals surface area contributed by atoms with Crippen LogP contribution in [0.2, 0.25) is 0 Å². The number of hydrogen-bond donors (Lipinski definition) is 1. The predicted octanol–water partition coefficient (Wildman–Crippen LogP) is 4.23. The molecule has 1 atom stereocenters. The second kappa shape index (κ2) is 6.96. The van der Waals surface area contributed by atoms with E-state index in [0.717, 1.165) is 22.5 Å². The van der Waals surface area contributed by atoms with Crippen molar-refractivity contribution in [2.24, 2.45) is 0 Å². The maximum Gasteiger partial charge on any atom is 0.133 e. The van der Waals surface area contributed by atoms with E-state index in [9.17, 15) is 0 Å². The summed E-state index contributed by atoms with van der Waals surface area (Å²) in [6, 6.07) is 14.5. The summed E-state index contributed by atoms with van der Waals surface area (Å²) in [7, 11) is 3.79. The van der Waals surface area contributed by atoms with Gasteiger partial charge in [0.25, 0.3) is 0 Å². The molecule has 3 nitrogen and oxygen atoms in total. The van der Waals surface area contributed by atoms with Crippen LogP contribution >= 0.6 is 15.9 Å². The van der Waals surface area contributed by atoms with Crippen LogP contribution in [0.25, 0.3) is 0 Å². The molecule has 4 heteroatoms. The van der Waals surface area contributed by atoms with Gasteiger partial charge in [0.1, 0.15) is 5.75 Å². The molecule has 1 unspecified atom stereocenters. The molecule has 0 spiro atoms. The number of nitrogens with zero attached hydrogens (tertiary/aromatic N) is 1. The van der Waals surface area contributed by atoms with E-state index in [4.69, 9.17) is 10.5 Å². The first kappa shape index (κ1) is 15.9. The number of halogens is 1. The van der Waals surface area contributed by atoms with Crippen LogP contribution in [0.4, 0.5) is 5.69 Å². The largest absolute Gasteiger partial charge is 0.496 e. The second-order valence-electron chi connectivity index (χ2n) is 5.23. The summed E-state index contributed by atoms with van der Waals surface area (Å²) < 4.78 is 6.24. The number of rotatable bonds is 5. The highest BCUT2D eigenvalue weighted by molar-refractivity contribution is 9.10. The third kappa shape index (κ3) is 3.99. The molecule has 2 N–H and O–H groups in total. The van der Waals surface area contributed by atoms with Gasteiger partial charge in [-0.15, -0.1) is 0 Å². The topological polar surface area (TPSA) is 38.5 Å². The fourth-order valence-electron chi connectivity index (χ4n) is 2.31. The Hall–Kier alpha value is -1.52. The van der Waals surface area contributed by atoms with Crippen molar-refractivity contribution in [2.45, 2.75) is 19.5 Å². The maximum absolute atomic E-state index is 5.86. The summed E-state index contributed by atoms with van der Waals surface area (Å²) >= 11 is 3.53. The molecule has 0 saturated heterocycles. The van der Waals surface area contributed by atoms with E-state index in [1.54, 1.807) is 7.11 Å². The molecule has 0 bridgehead atoms. The highest BCUT2D eigenvalue weighted by Gasteiger charge is 2.13. The Balaban J connectivity index is 2.10. The highest BCUT2D eigenvalue weighted by atomic mass is 79.9.